The lowest BCUT2D eigenvalue weighted by molar-refractivity contribution is -0.150. The number of rotatable bonds is 7. The van der Waals surface area contributed by atoms with E-state index in [0.29, 0.717) is 11.3 Å². The normalized spacial score (nSPS) is 11.4. The lowest BCUT2D eigenvalue weighted by Gasteiger charge is -2.13. The molecule has 2 rings (SSSR count). The number of carbonyl (C=O) groups is 3. The lowest BCUT2D eigenvalue weighted by atomic mass is 10.2. The Morgan fingerprint density at radius 1 is 1.08 bits per heavy atom. The van der Waals surface area contributed by atoms with E-state index >= 15 is 0 Å². The van der Waals surface area contributed by atoms with Crippen LogP contribution in [0.4, 0.5) is 5.69 Å². The third-order valence-corrected chi connectivity index (χ3v) is 4.20. The van der Waals surface area contributed by atoms with Crippen molar-refractivity contribution in [2.24, 2.45) is 5.73 Å². The molecule has 0 aromatic heterocycles. The third kappa shape index (κ3) is 5.96. The van der Waals surface area contributed by atoms with Gasteiger partial charge in [0, 0.05) is 16.1 Å². The van der Waals surface area contributed by atoms with Gasteiger partial charge in [-0.3, -0.25) is 14.4 Å². The highest BCUT2D eigenvalue weighted by Gasteiger charge is 2.18. The van der Waals surface area contributed by atoms with E-state index < -0.39 is 23.9 Å². The summed E-state index contributed by atoms with van der Waals surface area (Å²) in [6.45, 7) is 1.50. The van der Waals surface area contributed by atoms with Crippen molar-refractivity contribution in [3.63, 3.8) is 0 Å². The van der Waals surface area contributed by atoms with Crippen molar-refractivity contribution in [1.29, 1.82) is 0 Å². The number of ether oxygens (including phenoxy) is 1. The number of nitrogens with two attached hydrogens (primary N) is 1. The van der Waals surface area contributed by atoms with Crippen molar-refractivity contribution < 1.29 is 19.1 Å². The molecular formula is C18H18N2O4S. The van der Waals surface area contributed by atoms with Crippen molar-refractivity contribution >= 4 is 35.2 Å². The maximum absolute atomic E-state index is 12.1. The molecule has 130 valence electrons. The van der Waals surface area contributed by atoms with E-state index in [2.05, 4.69) is 5.32 Å². The minimum Gasteiger partial charge on any atom is -0.452 e. The van der Waals surface area contributed by atoms with E-state index in [4.69, 9.17) is 10.5 Å². The largest absolute Gasteiger partial charge is 0.452 e. The van der Waals surface area contributed by atoms with E-state index in [0.717, 1.165) is 4.90 Å². The molecule has 3 N–H and O–H groups in total. The average Bonchev–Trinajstić information content (AvgIpc) is 2.61. The second-order valence-corrected chi connectivity index (χ2v) is 6.21. The molecule has 0 saturated carbocycles. The molecule has 0 saturated heterocycles. The molecule has 0 aliphatic rings. The minimum absolute atomic E-state index is 0.120. The summed E-state index contributed by atoms with van der Waals surface area (Å²) in [5.41, 5.74) is 5.98. The Morgan fingerprint density at radius 3 is 2.32 bits per heavy atom. The van der Waals surface area contributed by atoms with Gasteiger partial charge in [0.2, 0.25) is 5.91 Å². The number of hydrogen-bond donors (Lipinski definition) is 2. The number of nitrogens with one attached hydrogen (secondary N) is 1. The summed E-state index contributed by atoms with van der Waals surface area (Å²) in [4.78, 5) is 35.8. The van der Waals surface area contributed by atoms with Crippen LogP contribution in [0.2, 0.25) is 0 Å². The number of hydrogen-bond acceptors (Lipinski definition) is 5. The molecule has 0 heterocycles. The van der Waals surface area contributed by atoms with E-state index in [1.165, 1.54) is 30.8 Å². The van der Waals surface area contributed by atoms with Crippen LogP contribution in [0.3, 0.4) is 0 Å². The monoisotopic (exact) mass is 358 g/mol. The number of primary amides is 1. The first-order valence-electron chi connectivity index (χ1n) is 7.54. The van der Waals surface area contributed by atoms with Gasteiger partial charge in [-0.15, -0.1) is 11.8 Å². The van der Waals surface area contributed by atoms with Crippen LogP contribution >= 0.6 is 11.8 Å². The Morgan fingerprint density at radius 2 is 1.72 bits per heavy atom. The maximum Gasteiger partial charge on any atom is 0.317 e. The lowest BCUT2D eigenvalue weighted by Crippen LogP contribution is -2.30. The van der Waals surface area contributed by atoms with E-state index in [1.54, 1.807) is 12.1 Å². The van der Waals surface area contributed by atoms with Crippen LogP contribution in [0.1, 0.15) is 17.3 Å². The molecule has 1 atom stereocenters. The number of thioether (sulfide) groups is 1. The van der Waals surface area contributed by atoms with E-state index in [9.17, 15) is 14.4 Å². The maximum atomic E-state index is 12.1. The molecule has 0 spiro atoms. The molecule has 2 aromatic rings. The quantitative estimate of drug-likeness (QED) is 0.585. The van der Waals surface area contributed by atoms with E-state index in [-0.39, 0.29) is 5.75 Å². The van der Waals surface area contributed by atoms with Crippen molar-refractivity contribution in [3.8, 4) is 0 Å². The highest BCUT2D eigenvalue weighted by Crippen LogP contribution is 2.17. The van der Waals surface area contributed by atoms with Gasteiger partial charge < -0.3 is 15.8 Å². The average molecular weight is 358 g/mol. The van der Waals surface area contributed by atoms with Crippen LogP contribution in [-0.4, -0.2) is 29.6 Å². The molecule has 2 aromatic carbocycles. The van der Waals surface area contributed by atoms with Crippen LogP contribution in [0.25, 0.3) is 0 Å². The second kappa shape index (κ2) is 8.89. The van der Waals surface area contributed by atoms with Gasteiger partial charge in [0.05, 0.1) is 5.75 Å². The number of anilines is 1. The smallest absolute Gasteiger partial charge is 0.317 e. The Kier molecular flexibility index (Phi) is 6.59. The summed E-state index contributed by atoms with van der Waals surface area (Å²) < 4.78 is 5.12. The third-order valence-electron chi connectivity index (χ3n) is 3.21. The number of amides is 2. The molecule has 0 radical (unpaired) electrons. The van der Waals surface area contributed by atoms with Gasteiger partial charge >= 0.3 is 5.97 Å². The molecular weight excluding hydrogens is 340 g/mol. The van der Waals surface area contributed by atoms with Crippen LogP contribution in [0.5, 0.6) is 0 Å². The summed E-state index contributed by atoms with van der Waals surface area (Å²) in [6, 6.07) is 15.6. The van der Waals surface area contributed by atoms with E-state index in [1.807, 2.05) is 30.3 Å². The zero-order valence-corrected chi connectivity index (χ0v) is 14.4. The zero-order valence-electron chi connectivity index (χ0n) is 13.6. The van der Waals surface area contributed by atoms with Crippen molar-refractivity contribution in [3.05, 3.63) is 60.2 Å². The summed E-state index contributed by atoms with van der Waals surface area (Å²) in [5, 5.41) is 2.61. The molecule has 0 bridgehead atoms. The van der Waals surface area contributed by atoms with Crippen LogP contribution in [-0.2, 0) is 14.3 Å². The summed E-state index contributed by atoms with van der Waals surface area (Å²) in [5.74, 6) is -1.35. The highest BCUT2D eigenvalue weighted by molar-refractivity contribution is 8.00. The Balaban J connectivity index is 1.81. The highest BCUT2D eigenvalue weighted by atomic mass is 32.2. The summed E-state index contributed by atoms with van der Waals surface area (Å²) >= 11 is 1.34. The predicted molar refractivity (Wildman–Crippen MR) is 96.3 cm³/mol. The second-order valence-electron chi connectivity index (χ2n) is 5.16. The molecule has 25 heavy (non-hydrogen) atoms. The van der Waals surface area contributed by atoms with Gasteiger partial charge in [-0.25, -0.2) is 0 Å². The topological polar surface area (TPSA) is 98.5 Å². The first-order chi connectivity index (χ1) is 12.0. The molecule has 0 fully saturated rings. The Hall–Kier alpha value is -2.80. The fourth-order valence-electron chi connectivity index (χ4n) is 1.91. The Labute approximate surface area is 149 Å². The molecule has 7 heteroatoms. The molecule has 0 aliphatic heterocycles. The van der Waals surface area contributed by atoms with Gasteiger partial charge in [0.15, 0.2) is 6.10 Å². The first-order valence-corrected chi connectivity index (χ1v) is 8.52. The minimum atomic E-state index is -0.931. The van der Waals surface area contributed by atoms with Crippen molar-refractivity contribution in [2.75, 3.05) is 11.1 Å². The summed E-state index contributed by atoms with van der Waals surface area (Å²) in [6.07, 6.45) is -0.931. The van der Waals surface area contributed by atoms with Crippen LogP contribution in [0.15, 0.2) is 59.5 Å². The molecule has 6 nitrogen and oxygen atoms in total. The number of carbonyl (C=O) groups excluding carboxylic acids is 3. The zero-order chi connectivity index (χ0) is 18.2. The summed E-state index contributed by atoms with van der Waals surface area (Å²) in [7, 11) is 0. The van der Waals surface area contributed by atoms with Gasteiger partial charge in [-0.05, 0) is 43.3 Å². The predicted octanol–water partition coefficient (Wildman–Crippen LogP) is 2.45. The fraction of sp³-hybridized carbons (Fsp3) is 0.167. The van der Waals surface area contributed by atoms with Crippen LogP contribution < -0.4 is 11.1 Å². The SMILES string of the molecule is C[C@@H](OC(=O)CSc1ccccc1)C(=O)Nc1ccc(C(N)=O)cc1. The number of benzene rings is 2. The van der Waals surface area contributed by atoms with Crippen molar-refractivity contribution in [1.82, 2.24) is 0 Å². The van der Waals surface area contributed by atoms with Gasteiger partial charge in [0.1, 0.15) is 0 Å². The Bertz CT molecular complexity index is 747. The standard InChI is InChI=1S/C18H18N2O4S/c1-12(24-16(21)11-25-15-5-3-2-4-6-15)18(23)20-14-9-7-13(8-10-14)17(19)22/h2-10,12H,11H2,1H3,(H2,19,22)(H,20,23)/t12-/m1/s1. The van der Waals surface area contributed by atoms with Gasteiger partial charge in [-0.1, -0.05) is 18.2 Å². The van der Waals surface area contributed by atoms with Gasteiger partial charge in [0.25, 0.3) is 5.91 Å². The number of esters is 1. The fourth-order valence-corrected chi connectivity index (χ4v) is 2.61. The molecule has 0 unspecified atom stereocenters. The molecule has 2 amide bonds. The van der Waals surface area contributed by atoms with Crippen molar-refractivity contribution in [2.45, 2.75) is 17.9 Å². The molecule has 0 aliphatic carbocycles. The van der Waals surface area contributed by atoms with Crippen LogP contribution in [0, 0.1) is 0 Å². The van der Waals surface area contributed by atoms with Gasteiger partial charge in [-0.2, -0.15) is 0 Å². The first kappa shape index (κ1) is 18.5.